The van der Waals surface area contributed by atoms with Gasteiger partial charge in [0.1, 0.15) is 0 Å². The number of hydrogen-bond donors (Lipinski definition) is 1. The normalized spacial score (nSPS) is 12.9. The lowest BCUT2D eigenvalue weighted by atomic mass is 10.2. The summed E-state index contributed by atoms with van der Waals surface area (Å²) < 4.78 is 36.2. The number of rotatable bonds is 3. The van der Waals surface area contributed by atoms with Gasteiger partial charge in [0.05, 0.1) is 18.1 Å². The van der Waals surface area contributed by atoms with Crippen molar-refractivity contribution in [1.29, 1.82) is 5.26 Å². The van der Waals surface area contributed by atoms with Crippen LogP contribution in [-0.2, 0) is 0 Å². The predicted octanol–water partition coefficient (Wildman–Crippen LogP) is 3.31. The highest BCUT2D eigenvalue weighted by atomic mass is 19.4. The Morgan fingerprint density at radius 2 is 2.12 bits per heavy atom. The van der Waals surface area contributed by atoms with Gasteiger partial charge in [0.15, 0.2) is 0 Å². The average molecular weight is 228 g/mol. The number of hydrogen-bond acceptors (Lipinski definition) is 2. The summed E-state index contributed by atoms with van der Waals surface area (Å²) in [5.74, 6) is 0. The van der Waals surface area contributed by atoms with E-state index >= 15 is 0 Å². The van der Waals surface area contributed by atoms with Gasteiger partial charge in [-0.2, -0.15) is 18.4 Å². The molecule has 0 saturated carbocycles. The Morgan fingerprint density at radius 3 is 2.69 bits per heavy atom. The summed E-state index contributed by atoms with van der Waals surface area (Å²) in [6.07, 6.45) is -5.08. The van der Waals surface area contributed by atoms with Gasteiger partial charge in [-0.25, -0.2) is 0 Å². The minimum atomic E-state index is -4.18. The third kappa shape index (κ3) is 4.22. The zero-order valence-corrected chi connectivity index (χ0v) is 8.67. The van der Waals surface area contributed by atoms with Gasteiger partial charge in [-0.15, -0.1) is 0 Å². The minimum absolute atomic E-state index is 0.421. The molecular formula is C11H11F3N2. The predicted molar refractivity (Wildman–Crippen MR) is 54.9 cm³/mol. The highest BCUT2D eigenvalue weighted by molar-refractivity contribution is 5.49. The molecule has 1 atom stereocenters. The molecule has 1 aromatic rings. The maximum absolute atomic E-state index is 12.1. The van der Waals surface area contributed by atoms with Crippen LogP contribution < -0.4 is 5.32 Å². The fourth-order valence-corrected chi connectivity index (χ4v) is 1.36. The van der Waals surface area contributed by atoms with Crippen LogP contribution in [0.5, 0.6) is 0 Å². The van der Waals surface area contributed by atoms with E-state index < -0.39 is 18.6 Å². The van der Waals surface area contributed by atoms with Gasteiger partial charge in [-0.05, 0) is 25.1 Å². The van der Waals surface area contributed by atoms with Crippen molar-refractivity contribution >= 4 is 5.69 Å². The lowest BCUT2D eigenvalue weighted by molar-refractivity contribution is -0.136. The smallest absolute Gasteiger partial charge is 0.382 e. The van der Waals surface area contributed by atoms with E-state index in [1.165, 1.54) is 13.0 Å². The van der Waals surface area contributed by atoms with Crippen LogP contribution in [0.25, 0.3) is 0 Å². The molecule has 1 rings (SSSR count). The van der Waals surface area contributed by atoms with Gasteiger partial charge in [0.25, 0.3) is 0 Å². The molecule has 0 spiro atoms. The Balaban J connectivity index is 2.63. The molecular weight excluding hydrogens is 217 g/mol. The van der Waals surface area contributed by atoms with E-state index in [2.05, 4.69) is 5.32 Å². The maximum Gasteiger partial charge on any atom is 0.391 e. The molecule has 0 heterocycles. The summed E-state index contributed by atoms with van der Waals surface area (Å²) in [4.78, 5) is 0. The molecule has 0 radical (unpaired) electrons. The first-order valence-electron chi connectivity index (χ1n) is 4.74. The molecule has 0 aliphatic carbocycles. The molecule has 0 fully saturated rings. The van der Waals surface area contributed by atoms with Gasteiger partial charge in [-0.1, -0.05) is 6.07 Å². The van der Waals surface area contributed by atoms with Crippen molar-refractivity contribution in [2.45, 2.75) is 25.6 Å². The van der Waals surface area contributed by atoms with Crippen molar-refractivity contribution < 1.29 is 13.2 Å². The van der Waals surface area contributed by atoms with Crippen molar-refractivity contribution in [2.24, 2.45) is 0 Å². The molecule has 0 aliphatic rings. The zero-order chi connectivity index (χ0) is 12.2. The van der Waals surface area contributed by atoms with Crippen LogP contribution in [0.15, 0.2) is 24.3 Å². The lowest BCUT2D eigenvalue weighted by Gasteiger charge is -2.16. The summed E-state index contributed by atoms with van der Waals surface area (Å²) in [5.41, 5.74) is 0.944. The van der Waals surface area contributed by atoms with E-state index in [-0.39, 0.29) is 0 Å². The second-order valence-electron chi connectivity index (χ2n) is 3.56. The summed E-state index contributed by atoms with van der Waals surface area (Å²) in [5, 5.41) is 11.3. The van der Waals surface area contributed by atoms with E-state index in [4.69, 9.17) is 5.26 Å². The van der Waals surface area contributed by atoms with E-state index in [1.807, 2.05) is 6.07 Å². The maximum atomic E-state index is 12.1. The highest BCUT2D eigenvalue weighted by Crippen LogP contribution is 2.23. The number of anilines is 1. The second-order valence-corrected chi connectivity index (χ2v) is 3.56. The first-order chi connectivity index (χ1) is 7.40. The highest BCUT2D eigenvalue weighted by Gasteiger charge is 2.29. The van der Waals surface area contributed by atoms with Crippen LogP contribution in [0, 0.1) is 11.3 Å². The number of nitrogens with zero attached hydrogens (tertiary/aromatic N) is 1. The molecule has 5 heteroatoms. The van der Waals surface area contributed by atoms with Crippen molar-refractivity contribution in [3.63, 3.8) is 0 Å². The lowest BCUT2D eigenvalue weighted by Crippen LogP contribution is -2.23. The van der Waals surface area contributed by atoms with Gasteiger partial charge >= 0.3 is 6.18 Å². The number of halogens is 3. The van der Waals surface area contributed by atoms with Crippen LogP contribution >= 0.6 is 0 Å². The second kappa shape index (κ2) is 4.88. The van der Waals surface area contributed by atoms with Gasteiger partial charge in [0.2, 0.25) is 0 Å². The van der Waals surface area contributed by atoms with E-state index in [0.717, 1.165) is 0 Å². The van der Waals surface area contributed by atoms with Gasteiger partial charge in [-0.3, -0.25) is 0 Å². The van der Waals surface area contributed by atoms with E-state index in [0.29, 0.717) is 11.3 Å². The Bertz CT molecular complexity index is 393. The fraction of sp³-hybridized carbons (Fsp3) is 0.364. The first kappa shape index (κ1) is 12.4. The minimum Gasteiger partial charge on any atom is -0.382 e. The van der Waals surface area contributed by atoms with Crippen LogP contribution in [0.4, 0.5) is 18.9 Å². The van der Waals surface area contributed by atoms with Crippen LogP contribution in [0.1, 0.15) is 18.9 Å². The van der Waals surface area contributed by atoms with E-state index in [1.54, 1.807) is 18.2 Å². The van der Waals surface area contributed by atoms with Gasteiger partial charge < -0.3 is 5.32 Å². The Morgan fingerprint density at radius 1 is 1.44 bits per heavy atom. The zero-order valence-electron chi connectivity index (χ0n) is 8.67. The van der Waals surface area contributed by atoms with Crippen LogP contribution in [0.2, 0.25) is 0 Å². The Labute approximate surface area is 91.7 Å². The Kier molecular flexibility index (Phi) is 3.78. The van der Waals surface area contributed by atoms with E-state index in [9.17, 15) is 13.2 Å². The first-order valence-corrected chi connectivity index (χ1v) is 4.74. The molecule has 0 saturated heterocycles. The van der Waals surface area contributed by atoms with Crippen LogP contribution in [-0.4, -0.2) is 12.2 Å². The quantitative estimate of drug-likeness (QED) is 0.861. The van der Waals surface area contributed by atoms with Crippen LogP contribution in [0.3, 0.4) is 0 Å². The molecule has 16 heavy (non-hydrogen) atoms. The topological polar surface area (TPSA) is 35.8 Å². The van der Waals surface area contributed by atoms with Crippen molar-refractivity contribution in [3.05, 3.63) is 29.8 Å². The SMILES string of the molecule is CC(CC(F)(F)F)Nc1cccc(C#N)c1. The molecule has 0 aromatic heterocycles. The van der Waals surface area contributed by atoms with Crippen molar-refractivity contribution in [2.75, 3.05) is 5.32 Å². The Hall–Kier alpha value is -1.70. The third-order valence-electron chi connectivity index (χ3n) is 1.94. The largest absolute Gasteiger partial charge is 0.391 e. The summed E-state index contributed by atoms with van der Waals surface area (Å²) in [7, 11) is 0. The van der Waals surface area contributed by atoms with Crippen molar-refractivity contribution in [1.82, 2.24) is 0 Å². The standard InChI is InChI=1S/C11H11F3N2/c1-8(6-11(12,13)14)16-10-4-2-3-9(5-10)7-15/h2-5,8,16H,6H2,1H3. The monoisotopic (exact) mass is 228 g/mol. The summed E-state index contributed by atoms with van der Waals surface area (Å²) >= 11 is 0. The molecule has 1 unspecified atom stereocenters. The average Bonchev–Trinajstić information content (AvgIpc) is 2.15. The fourth-order valence-electron chi connectivity index (χ4n) is 1.36. The summed E-state index contributed by atoms with van der Waals surface area (Å²) in [6.45, 7) is 1.45. The molecule has 0 aliphatic heterocycles. The molecule has 1 N–H and O–H groups in total. The van der Waals surface area contributed by atoms with Gasteiger partial charge in [0, 0.05) is 11.7 Å². The summed E-state index contributed by atoms with van der Waals surface area (Å²) in [6, 6.07) is 7.59. The number of nitrogens with one attached hydrogen (secondary N) is 1. The third-order valence-corrected chi connectivity index (χ3v) is 1.94. The molecule has 1 aromatic carbocycles. The molecule has 2 nitrogen and oxygen atoms in total. The van der Waals surface area contributed by atoms with Crippen molar-refractivity contribution in [3.8, 4) is 6.07 Å². The molecule has 0 bridgehead atoms. The number of nitriles is 1. The molecule has 86 valence electrons. The number of alkyl halides is 3. The molecule has 0 amide bonds. The number of benzene rings is 1.